The van der Waals surface area contributed by atoms with Gasteiger partial charge in [0, 0.05) is 13.1 Å². The molecule has 6 unspecified atom stereocenters. The van der Waals surface area contributed by atoms with Crippen LogP contribution in [0, 0.1) is 11.8 Å². The van der Waals surface area contributed by atoms with Gasteiger partial charge in [0.05, 0.1) is 24.9 Å². The largest absolute Gasteiger partial charge is 0.375 e. The standard InChI is InChI=1S/C15H30NO2P/c1-4-5-11(2)14-6-7-15(14)17-10-13-9-16(19)8-12(3)18-13/h11-15H,4-10,19H2,1-3H3. The highest BCUT2D eigenvalue weighted by atomic mass is 31.0. The van der Waals surface area contributed by atoms with Gasteiger partial charge in [0.2, 0.25) is 0 Å². The maximum absolute atomic E-state index is 6.13. The zero-order chi connectivity index (χ0) is 13.8. The van der Waals surface area contributed by atoms with Crippen molar-refractivity contribution in [1.29, 1.82) is 0 Å². The van der Waals surface area contributed by atoms with E-state index >= 15 is 0 Å². The van der Waals surface area contributed by atoms with Crippen molar-refractivity contribution in [2.24, 2.45) is 11.8 Å². The van der Waals surface area contributed by atoms with E-state index in [9.17, 15) is 0 Å². The monoisotopic (exact) mass is 287 g/mol. The van der Waals surface area contributed by atoms with Gasteiger partial charge in [0.15, 0.2) is 0 Å². The second-order valence-electron chi connectivity index (χ2n) is 6.40. The van der Waals surface area contributed by atoms with Crippen molar-refractivity contribution >= 4 is 9.39 Å². The fourth-order valence-corrected chi connectivity index (χ4v) is 3.96. The molecule has 1 saturated heterocycles. The number of hydrogen-bond donors (Lipinski definition) is 0. The predicted molar refractivity (Wildman–Crippen MR) is 82.2 cm³/mol. The fraction of sp³-hybridized carbons (Fsp3) is 1.00. The van der Waals surface area contributed by atoms with Crippen LogP contribution < -0.4 is 0 Å². The molecule has 19 heavy (non-hydrogen) atoms. The Morgan fingerprint density at radius 2 is 2.16 bits per heavy atom. The van der Waals surface area contributed by atoms with Crippen LogP contribution in [-0.2, 0) is 9.47 Å². The predicted octanol–water partition coefficient (Wildman–Crippen LogP) is 3.10. The molecule has 0 spiro atoms. The summed E-state index contributed by atoms with van der Waals surface area (Å²) in [7, 11) is 2.79. The Morgan fingerprint density at radius 3 is 2.74 bits per heavy atom. The Morgan fingerprint density at radius 1 is 1.37 bits per heavy atom. The summed E-state index contributed by atoms with van der Waals surface area (Å²) in [5.41, 5.74) is 0. The summed E-state index contributed by atoms with van der Waals surface area (Å²) in [5, 5.41) is 0. The summed E-state index contributed by atoms with van der Waals surface area (Å²) in [6, 6.07) is 0. The molecule has 0 aromatic heterocycles. The van der Waals surface area contributed by atoms with Gasteiger partial charge in [-0.05, 0) is 31.6 Å². The fourth-order valence-electron chi connectivity index (χ4n) is 3.43. The molecular weight excluding hydrogens is 257 g/mol. The first kappa shape index (κ1) is 15.7. The van der Waals surface area contributed by atoms with Crippen molar-refractivity contribution in [3.8, 4) is 0 Å². The van der Waals surface area contributed by atoms with E-state index in [0.717, 1.165) is 31.5 Å². The molecule has 0 aromatic carbocycles. The summed E-state index contributed by atoms with van der Waals surface area (Å²) < 4.78 is 14.3. The van der Waals surface area contributed by atoms with Gasteiger partial charge in [-0.15, -0.1) is 0 Å². The Balaban J connectivity index is 1.70. The van der Waals surface area contributed by atoms with E-state index in [4.69, 9.17) is 9.47 Å². The highest BCUT2D eigenvalue weighted by molar-refractivity contribution is 7.13. The second kappa shape index (κ2) is 7.36. The molecule has 4 heteroatoms. The Bertz CT molecular complexity index is 267. The SMILES string of the molecule is CCCC(C)C1CCC1OCC1CN(P)CC(C)O1. The van der Waals surface area contributed by atoms with Crippen molar-refractivity contribution in [3.63, 3.8) is 0 Å². The summed E-state index contributed by atoms with van der Waals surface area (Å²) in [4.78, 5) is 0. The average Bonchev–Trinajstić information content (AvgIpc) is 2.26. The second-order valence-corrected chi connectivity index (χ2v) is 7.13. The number of morpholine rings is 1. The van der Waals surface area contributed by atoms with Crippen LogP contribution >= 0.6 is 9.39 Å². The minimum Gasteiger partial charge on any atom is -0.375 e. The molecule has 0 amide bonds. The van der Waals surface area contributed by atoms with Crippen LogP contribution in [0.25, 0.3) is 0 Å². The van der Waals surface area contributed by atoms with Gasteiger partial charge in [0.25, 0.3) is 0 Å². The van der Waals surface area contributed by atoms with Crippen LogP contribution in [0.2, 0.25) is 0 Å². The van der Waals surface area contributed by atoms with E-state index in [-0.39, 0.29) is 6.10 Å². The molecule has 2 aliphatic rings. The molecule has 2 rings (SSSR count). The van der Waals surface area contributed by atoms with Crippen LogP contribution in [0.4, 0.5) is 0 Å². The highest BCUT2D eigenvalue weighted by Gasteiger charge is 2.36. The lowest BCUT2D eigenvalue weighted by Gasteiger charge is -2.42. The first-order chi connectivity index (χ1) is 9.10. The lowest BCUT2D eigenvalue weighted by molar-refractivity contribution is -0.133. The molecule has 1 saturated carbocycles. The highest BCUT2D eigenvalue weighted by Crippen LogP contribution is 2.38. The number of nitrogens with zero attached hydrogens (tertiary/aromatic N) is 1. The lowest BCUT2D eigenvalue weighted by Crippen LogP contribution is -2.46. The molecule has 0 radical (unpaired) electrons. The van der Waals surface area contributed by atoms with Crippen molar-refractivity contribution < 1.29 is 9.47 Å². The van der Waals surface area contributed by atoms with Crippen LogP contribution in [0.3, 0.4) is 0 Å². The van der Waals surface area contributed by atoms with Gasteiger partial charge >= 0.3 is 0 Å². The zero-order valence-electron chi connectivity index (χ0n) is 12.7. The Labute approximate surface area is 120 Å². The number of ether oxygens (including phenoxy) is 2. The third kappa shape index (κ3) is 4.39. The minimum atomic E-state index is 0.240. The van der Waals surface area contributed by atoms with Gasteiger partial charge in [-0.3, -0.25) is 4.67 Å². The van der Waals surface area contributed by atoms with E-state index in [2.05, 4.69) is 34.8 Å². The summed E-state index contributed by atoms with van der Waals surface area (Å²) >= 11 is 0. The van der Waals surface area contributed by atoms with E-state index in [1.165, 1.54) is 25.7 Å². The van der Waals surface area contributed by atoms with E-state index in [0.29, 0.717) is 12.2 Å². The van der Waals surface area contributed by atoms with Crippen LogP contribution in [0.5, 0.6) is 0 Å². The molecule has 112 valence electrons. The van der Waals surface area contributed by atoms with E-state index in [1.807, 2.05) is 0 Å². The summed E-state index contributed by atoms with van der Waals surface area (Å²) in [5.74, 6) is 1.60. The topological polar surface area (TPSA) is 21.7 Å². The minimum absolute atomic E-state index is 0.240. The molecule has 1 aliphatic carbocycles. The van der Waals surface area contributed by atoms with Gasteiger partial charge in [-0.1, -0.05) is 36.1 Å². The van der Waals surface area contributed by atoms with Gasteiger partial charge in [-0.25, -0.2) is 0 Å². The smallest absolute Gasteiger partial charge is 0.0942 e. The van der Waals surface area contributed by atoms with Crippen LogP contribution in [0.1, 0.15) is 46.5 Å². The first-order valence-electron chi connectivity index (χ1n) is 7.86. The molecule has 0 N–H and O–H groups in total. The van der Waals surface area contributed by atoms with Gasteiger partial charge in [-0.2, -0.15) is 0 Å². The normalized spacial score (nSPS) is 37.9. The number of hydrogen-bond acceptors (Lipinski definition) is 3. The summed E-state index contributed by atoms with van der Waals surface area (Å²) in [6.45, 7) is 9.52. The molecule has 0 bridgehead atoms. The third-order valence-electron chi connectivity index (χ3n) is 4.59. The molecule has 3 nitrogen and oxygen atoms in total. The molecule has 2 fully saturated rings. The third-order valence-corrected chi connectivity index (χ3v) is 5.01. The van der Waals surface area contributed by atoms with E-state index in [1.54, 1.807) is 0 Å². The lowest BCUT2D eigenvalue weighted by atomic mass is 9.72. The first-order valence-corrected chi connectivity index (χ1v) is 8.38. The maximum atomic E-state index is 6.13. The molecular formula is C15H30NO2P. The average molecular weight is 287 g/mol. The van der Waals surface area contributed by atoms with Crippen molar-refractivity contribution in [2.45, 2.75) is 64.8 Å². The van der Waals surface area contributed by atoms with Crippen LogP contribution in [-0.4, -0.2) is 42.7 Å². The maximum Gasteiger partial charge on any atom is 0.0942 e. The molecule has 0 aromatic rings. The van der Waals surface area contributed by atoms with Crippen molar-refractivity contribution in [2.75, 3.05) is 19.7 Å². The molecule has 6 atom stereocenters. The Kier molecular flexibility index (Phi) is 6.08. The van der Waals surface area contributed by atoms with Crippen LogP contribution in [0.15, 0.2) is 0 Å². The van der Waals surface area contributed by atoms with E-state index < -0.39 is 0 Å². The molecule has 1 aliphatic heterocycles. The number of rotatable bonds is 6. The summed E-state index contributed by atoms with van der Waals surface area (Å²) in [6.07, 6.45) is 6.26. The van der Waals surface area contributed by atoms with Gasteiger partial charge in [0.1, 0.15) is 0 Å². The quantitative estimate of drug-likeness (QED) is 0.701. The zero-order valence-corrected chi connectivity index (χ0v) is 13.8. The van der Waals surface area contributed by atoms with Crippen molar-refractivity contribution in [3.05, 3.63) is 0 Å². The van der Waals surface area contributed by atoms with Gasteiger partial charge < -0.3 is 9.47 Å². The molecule has 1 heterocycles. The Hall–Kier alpha value is 0.310. The van der Waals surface area contributed by atoms with Crippen molar-refractivity contribution in [1.82, 2.24) is 4.67 Å².